The summed E-state index contributed by atoms with van der Waals surface area (Å²) >= 11 is 0. The van der Waals surface area contributed by atoms with Gasteiger partial charge in [0.05, 0.1) is 0 Å². The zero-order chi connectivity index (χ0) is 15.3. The summed E-state index contributed by atoms with van der Waals surface area (Å²) in [6.07, 6.45) is 4.30. The molecule has 2 unspecified atom stereocenters. The number of fused-ring (bicyclic) bond motifs is 2. The van der Waals surface area contributed by atoms with Crippen LogP contribution in [0.3, 0.4) is 0 Å². The molecule has 2 atom stereocenters. The molecule has 22 heavy (non-hydrogen) atoms. The molecule has 1 aromatic carbocycles. The van der Waals surface area contributed by atoms with Crippen LogP contribution in [0.5, 0.6) is 0 Å². The molecular formula is C19H23NO2. The number of amides is 1. The Labute approximate surface area is 131 Å². The standard InChI is InChI=1S/C19H23NO2/c1-13-10-15(21)6-7-16(13)18(22)20-11-14-4-2-3-5-17(14)19(12-20)8-9-19/h2-5,13,16H,6-12H2,1H3. The molecule has 116 valence electrons. The number of rotatable bonds is 1. The Morgan fingerprint density at radius 1 is 1.27 bits per heavy atom. The molecule has 0 bridgehead atoms. The van der Waals surface area contributed by atoms with Gasteiger partial charge in [-0.25, -0.2) is 0 Å². The number of carbonyl (C=O) groups excluding carboxylic acids is 2. The van der Waals surface area contributed by atoms with E-state index < -0.39 is 0 Å². The topological polar surface area (TPSA) is 37.4 Å². The van der Waals surface area contributed by atoms with Crippen molar-refractivity contribution in [3.63, 3.8) is 0 Å². The maximum atomic E-state index is 13.0. The summed E-state index contributed by atoms with van der Waals surface area (Å²) in [7, 11) is 0. The summed E-state index contributed by atoms with van der Waals surface area (Å²) in [4.78, 5) is 26.7. The van der Waals surface area contributed by atoms with Crippen molar-refractivity contribution < 1.29 is 9.59 Å². The fourth-order valence-corrected chi connectivity index (χ4v) is 4.43. The first-order chi connectivity index (χ1) is 10.6. The van der Waals surface area contributed by atoms with Crippen LogP contribution in [0.2, 0.25) is 0 Å². The largest absolute Gasteiger partial charge is 0.337 e. The van der Waals surface area contributed by atoms with Gasteiger partial charge in [-0.3, -0.25) is 9.59 Å². The Morgan fingerprint density at radius 2 is 2.05 bits per heavy atom. The van der Waals surface area contributed by atoms with Crippen molar-refractivity contribution >= 4 is 11.7 Å². The normalized spacial score (nSPS) is 29.3. The number of hydrogen-bond acceptors (Lipinski definition) is 2. The van der Waals surface area contributed by atoms with Crippen LogP contribution in [-0.2, 0) is 21.5 Å². The van der Waals surface area contributed by atoms with Crippen LogP contribution in [0, 0.1) is 11.8 Å². The van der Waals surface area contributed by atoms with Crippen LogP contribution in [-0.4, -0.2) is 23.1 Å². The van der Waals surface area contributed by atoms with E-state index in [1.165, 1.54) is 24.0 Å². The summed E-state index contributed by atoms with van der Waals surface area (Å²) in [6.45, 7) is 3.68. The van der Waals surface area contributed by atoms with E-state index in [1.807, 2.05) is 0 Å². The van der Waals surface area contributed by atoms with E-state index in [9.17, 15) is 9.59 Å². The van der Waals surface area contributed by atoms with Gasteiger partial charge in [0.15, 0.2) is 0 Å². The monoisotopic (exact) mass is 297 g/mol. The van der Waals surface area contributed by atoms with Crippen molar-refractivity contribution in [2.45, 2.75) is 51.0 Å². The summed E-state index contributed by atoms with van der Waals surface area (Å²) < 4.78 is 0. The minimum Gasteiger partial charge on any atom is -0.337 e. The lowest BCUT2D eigenvalue weighted by atomic mass is 9.78. The molecule has 1 heterocycles. The van der Waals surface area contributed by atoms with Crippen LogP contribution in [0.1, 0.15) is 50.2 Å². The van der Waals surface area contributed by atoms with Crippen molar-refractivity contribution in [2.24, 2.45) is 11.8 Å². The number of ketones is 1. The fraction of sp³-hybridized carbons (Fsp3) is 0.579. The maximum absolute atomic E-state index is 13.0. The lowest BCUT2D eigenvalue weighted by Gasteiger charge is -2.39. The molecule has 3 heteroatoms. The average Bonchev–Trinajstić information content (AvgIpc) is 3.27. The average molecular weight is 297 g/mol. The second-order valence-corrected chi connectivity index (χ2v) is 7.50. The van der Waals surface area contributed by atoms with Crippen molar-refractivity contribution in [1.82, 2.24) is 4.90 Å². The molecule has 0 aromatic heterocycles. The molecule has 1 aliphatic heterocycles. The Bertz CT molecular complexity index is 632. The molecule has 0 N–H and O–H groups in total. The minimum absolute atomic E-state index is 0.0405. The molecule has 2 aliphatic carbocycles. The second kappa shape index (κ2) is 4.94. The van der Waals surface area contributed by atoms with Crippen molar-refractivity contribution in [1.29, 1.82) is 0 Å². The lowest BCUT2D eigenvalue weighted by molar-refractivity contribution is -0.141. The third-order valence-corrected chi connectivity index (χ3v) is 5.90. The van der Waals surface area contributed by atoms with E-state index in [1.54, 1.807) is 0 Å². The smallest absolute Gasteiger partial charge is 0.226 e. The van der Waals surface area contributed by atoms with Crippen LogP contribution in [0.4, 0.5) is 0 Å². The highest BCUT2D eigenvalue weighted by atomic mass is 16.2. The summed E-state index contributed by atoms with van der Waals surface area (Å²) in [5.41, 5.74) is 3.02. The minimum atomic E-state index is 0.0405. The van der Waals surface area contributed by atoms with Gasteiger partial charge >= 0.3 is 0 Å². The Hall–Kier alpha value is -1.64. The number of nitrogens with zero attached hydrogens (tertiary/aromatic N) is 1. The molecule has 3 aliphatic rings. The fourth-order valence-electron chi connectivity index (χ4n) is 4.43. The highest BCUT2D eigenvalue weighted by Gasteiger charge is 2.50. The number of Topliss-reactive ketones (excluding diaryl/α,β-unsaturated/α-hetero) is 1. The summed E-state index contributed by atoms with van der Waals surface area (Å²) in [5.74, 6) is 0.833. The van der Waals surface area contributed by atoms with E-state index in [2.05, 4.69) is 36.1 Å². The first-order valence-corrected chi connectivity index (χ1v) is 8.48. The van der Waals surface area contributed by atoms with Crippen molar-refractivity contribution in [3.8, 4) is 0 Å². The third-order valence-electron chi connectivity index (χ3n) is 5.90. The molecular weight excluding hydrogens is 274 g/mol. The Kier molecular flexibility index (Phi) is 3.14. The molecule has 1 aromatic rings. The third kappa shape index (κ3) is 2.18. The molecule has 4 rings (SSSR count). The molecule has 0 saturated heterocycles. The second-order valence-electron chi connectivity index (χ2n) is 7.50. The van der Waals surface area contributed by atoms with E-state index in [-0.39, 0.29) is 23.2 Å². The molecule has 1 amide bonds. The first-order valence-electron chi connectivity index (χ1n) is 8.48. The van der Waals surface area contributed by atoms with Gasteiger partial charge in [0, 0.05) is 37.3 Å². The van der Waals surface area contributed by atoms with Gasteiger partial charge in [0.25, 0.3) is 0 Å². The van der Waals surface area contributed by atoms with Gasteiger partial charge in [0.2, 0.25) is 5.91 Å². The van der Waals surface area contributed by atoms with Crippen LogP contribution in [0.25, 0.3) is 0 Å². The zero-order valence-corrected chi connectivity index (χ0v) is 13.2. The lowest BCUT2D eigenvalue weighted by Crippen LogP contribution is -2.46. The van der Waals surface area contributed by atoms with Gasteiger partial charge in [-0.2, -0.15) is 0 Å². The Morgan fingerprint density at radius 3 is 2.77 bits per heavy atom. The van der Waals surface area contributed by atoms with Crippen molar-refractivity contribution in [3.05, 3.63) is 35.4 Å². The maximum Gasteiger partial charge on any atom is 0.226 e. The van der Waals surface area contributed by atoms with Gasteiger partial charge in [-0.05, 0) is 36.3 Å². The quantitative estimate of drug-likeness (QED) is 0.799. The predicted molar refractivity (Wildman–Crippen MR) is 84.3 cm³/mol. The highest BCUT2D eigenvalue weighted by molar-refractivity contribution is 5.85. The van der Waals surface area contributed by atoms with Gasteiger partial charge in [-0.15, -0.1) is 0 Å². The van der Waals surface area contributed by atoms with Gasteiger partial charge in [0.1, 0.15) is 5.78 Å². The van der Waals surface area contributed by atoms with Crippen LogP contribution in [0.15, 0.2) is 24.3 Å². The van der Waals surface area contributed by atoms with Crippen molar-refractivity contribution in [2.75, 3.05) is 6.54 Å². The molecule has 3 nitrogen and oxygen atoms in total. The van der Waals surface area contributed by atoms with Gasteiger partial charge < -0.3 is 4.90 Å². The molecule has 2 fully saturated rings. The first kappa shape index (κ1) is 14.0. The highest BCUT2D eigenvalue weighted by Crippen LogP contribution is 2.52. The van der Waals surface area contributed by atoms with Crippen LogP contribution >= 0.6 is 0 Å². The number of hydrogen-bond donors (Lipinski definition) is 0. The van der Waals surface area contributed by atoms with Crippen LogP contribution < -0.4 is 0 Å². The van der Waals surface area contributed by atoms with E-state index in [0.29, 0.717) is 18.6 Å². The van der Waals surface area contributed by atoms with Gasteiger partial charge in [-0.1, -0.05) is 31.2 Å². The molecule has 0 radical (unpaired) electrons. The SMILES string of the molecule is CC1CC(=O)CCC1C(=O)N1Cc2ccccc2C2(CC2)C1. The zero-order valence-electron chi connectivity index (χ0n) is 13.2. The Balaban J connectivity index is 1.57. The molecule has 2 saturated carbocycles. The van der Waals surface area contributed by atoms with E-state index in [0.717, 1.165) is 19.5 Å². The summed E-state index contributed by atoms with van der Waals surface area (Å²) in [5, 5.41) is 0. The number of benzene rings is 1. The van der Waals surface area contributed by atoms with E-state index in [4.69, 9.17) is 0 Å². The molecule has 1 spiro atoms. The summed E-state index contributed by atoms with van der Waals surface area (Å²) in [6, 6.07) is 8.60. The number of carbonyl (C=O) groups is 2. The predicted octanol–water partition coefficient (Wildman–Crippen LogP) is 3.07. The van der Waals surface area contributed by atoms with E-state index >= 15 is 0 Å².